The van der Waals surface area contributed by atoms with Gasteiger partial charge in [0, 0.05) is 17.0 Å². The van der Waals surface area contributed by atoms with Crippen LogP contribution in [0.15, 0.2) is 54.5 Å². The molecular weight excluding hydrogens is 414 g/mol. The summed E-state index contributed by atoms with van der Waals surface area (Å²) < 4.78 is 1.90. The Morgan fingerprint density at radius 3 is 2.81 bits per heavy atom. The van der Waals surface area contributed by atoms with E-state index in [0.29, 0.717) is 23.7 Å². The number of aliphatic hydroxyl groups is 2. The van der Waals surface area contributed by atoms with E-state index in [-0.39, 0.29) is 6.04 Å². The highest BCUT2D eigenvalue weighted by molar-refractivity contribution is 6.33. The van der Waals surface area contributed by atoms with Gasteiger partial charge < -0.3 is 20.5 Å². The van der Waals surface area contributed by atoms with Crippen molar-refractivity contribution in [1.82, 2.24) is 19.5 Å². The molecular formula is C23H22ClN5O2. The zero-order valence-corrected chi connectivity index (χ0v) is 17.7. The molecule has 5 rings (SSSR count). The SMILES string of the molecule is Cc1ncnc2c1ccn2C1C=C(CCc2ccc3cc(Cl)c(N)nc3c2)C(O)[C@@H]1O. The number of fused-ring (bicyclic) bond motifs is 2. The molecule has 7 nitrogen and oxygen atoms in total. The maximum Gasteiger partial charge on any atom is 0.144 e. The second kappa shape index (κ2) is 7.60. The van der Waals surface area contributed by atoms with E-state index in [2.05, 4.69) is 15.0 Å². The van der Waals surface area contributed by atoms with Gasteiger partial charge in [0.1, 0.15) is 30.0 Å². The third-order valence-corrected chi connectivity index (χ3v) is 6.34. The summed E-state index contributed by atoms with van der Waals surface area (Å²) in [7, 11) is 0. The van der Waals surface area contributed by atoms with Gasteiger partial charge in [-0.25, -0.2) is 15.0 Å². The molecule has 0 spiro atoms. The molecule has 3 heterocycles. The molecule has 1 aliphatic carbocycles. The van der Waals surface area contributed by atoms with Crippen molar-refractivity contribution in [3.8, 4) is 0 Å². The lowest BCUT2D eigenvalue weighted by Gasteiger charge is -2.19. The van der Waals surface area contributed by atoms with E-state index >= 15 is 0 Å². The van der Waals surface area contributed by atoms with Gasteiger partial charge in [0.25, 0.3) is 0 Å². The number of nitrogen functional groups attached to an aromatic ring is 1. The molecule has 3 atom stereocenters. The molecule has 3 aromatic heterocycles. The standard InChI is InChI=1S/C23H22ClN5O2/c1-12-16-6-7-29(23(16)27-11-26-12)19-10-15(20(30)21(19)31)5-3-13-2-4-14-9-17(24)22(25)28-18(14)8-13/h2,4,6-11,19-21,30-31H,3,5H2,1H3,(H2,25,28)/t19?,20?,21-/m1/s1. The first-order chi connectivity index (χ1) is 14.9. The summed E-state index contributed by atoms with van der Waals surface area (Å²) in [6, 6.07) is 9.34. The minimum absolute atomic E-state index is 0.309. The van der Waals surface area contributed by atoms with Crippen molar-refractivity contribution in [2.45, 2.75) is 38.0 Å². The Balaban J connectivity index is 1.39. The fraction of sp³-hybridized carbons (Fsp3) is 0.261. The summed E-state index contributed by atoms with van der Waals surface area (Å²) >= 11 is 6.05. The number of pyridine rings is 1. The Labute approximate surface area is 183 Å². The normalized spacial score (nSPS) is 21.2. The first kappa shape index (κ1) is 19.9. The number of nitrogens with two attached hydrogens (primary N) is 1. The number of nitrogens with zero attached hydrogens (tertiary/aromatic N) is 4. The highest BCUT2D eigenvalue weighted by atomic mass is 35.5. The van der Waals surface area contributed by atoms with Gasteiger partial charge in [-0.2, -0.15) is 0 Å². The van der Waals surface area contributed by atoms with Gasteiger partial charge in [-0.15, -0.1) is 0 Å². The average Bonchev–Trinajstić information content (AvgIpc) is 3.30. The lowest BCUT2D eigenvalue weighted by atomic mass is 10.0. The van der Waals surface area contributed by atoms with E-state index in [1.165, 1.54) is 6.33 Å². The minimum Gasteiger partial charge on any atom is -0.388 e. The molecule has 4 N–H and O–H groups in total. The Bertz CT molecular complexity index is 1330. The second-order valence-corrected chi connectivity index (χ2v) is 8.38. The van der Waals surface area contributed by atoms with Crippen LogP contribution < -0.4 is 5.73 Å². The number of hydrogen-bond donors (Lipinski definition) is 3. The maximum absolute atomic E-state index is 10.7. The van der Waals surface area contributed by atoms with E-state index in [1.807, 2.05) is 48.0 Å². The van der Waals surface area contributed by atoms with Gasteiger partial charge in [-0.3, -0.25) is 0 Å². The second-order valence-electron chi connectivity index (χ2n) is 7.97. The molecule has 0 amide bonds. The quantitative estimate of drug-likeness (QED) is 0.424. The number of rotatable bonds is 4. The number of benzene rings is 1. The molecule has 1 aliphatic rings. The highest BCUT2D eigenvalue weighted by Crippen LogP contribution is 2.34. The number of anilines is 1. The van der Waals surface area contributed by atoms with Crippen molar-refractivity contribution < 1.29 is 10.2 Å². The molecule has 0 radical (unpaired) electrons. The van der Waals surface area contributed by atoms with Gasteiger partial charge in [-0.05, 0) is 49.1 Å². The molecule has 4 aromatic rings. The number of aryl methyl sites for hydroxylation is 2. The molecule has 0 saturated heterocycles. The lowest BCUT2D eigenvalue weighted by molar-refractivity contribution is 0.0317. The van der Waals surface area contributed by atoms with Gasteiger partial charge >= 0.3 is 0 Å². The highest BCUT2D eigenvalue weighted by Gasteiger charge is 2.36. The van der Waals surface area contributed by atoms with Crippen molar-refractivity contribution in [3.63, 3.8) is 0 Å². The van der Waals surface area contributed by atoms with Crippen molar-refractivity contribution in [1.29, 1.82) is 0 Å². The van der Waals surface area contributed by atoms with Crippen LogP contribution in [0.4, 0.5) is 5.82 Å². The van der Waals surface area contributed by atoms with Crippen LogP contribution in [-0.2, 0) is 6.42 Å². The monoisotopic (exact) mass is 435 g/mol. The number of aromatic nitrogens is 4. The molecule has 0 fully saturated rings. The van der Waals surface area contributed by atoms with Crippen molar-refractivity contribution >= 4 is 39.4 Å². The fourth-order valence-electron chi connectivity index (χ4n) is 4.28. The topological polar surface area (TPSA) is 110 Å². The predicted molar refractivity (Wildman–Crippen MR) is 121 cm³/mol. The van der Waals surface area contributed by atoms with Crippen LogP contribution in [0.2, 0.25) is 5.02 Å². The van der Waals surface area contributed by atoms with Gasteiger partial charge in [0.15, 0.2) is 0 Å². The molecule has 158 valence electrons. The summed E-state index contributed by atoms with van der Waals surface area (Å²) in [5.41, 5.74) is 10.1. The Morgan fingerprint density at radius 1 is 1.13 bits per heavy atom. The van der Waals surface area contributed by atoms with Crippen LogP contribution in [0.3, 0.4) is 0 Å². The van der Waals surface area contributed by atoms with E-state index in [9.17, 15) is 10.2 Å². The molecule has 8 heteroatoms. The average molecular weight is 436 g/mol. The van der Waals surface area contributed by atoms with Crippen LogP contribution in [0.25, 0.3) is 21.9 Å². The lowest BCUT2D eigenvalue weighted by Crippen LogP contribution is -2.29. The van der Waals surface area contributed by atoms with Crippen LogP contribution in [0.5, 0.6) is 0 Å². The van der Waals surface area contributed by atoms with Crippen LogP contribution >= 0.6 is 11.6 Å². The number of hydrogen-bond acceptors (Lipinski definition) is 6. The third-order valence-electron chi connectivity index (χ3n) is 6.03. The third kappa shape index (κ3) is 3.44. The Kier molecular flexibility index (Phi) is 4.89. The predicted octanol–water partition coefficient (Wildman–Crippen LogP) is 3.36. The van der Waals surface area contributed by atoms with Crippen LogP contribution in [0, 0.1) is 6.92 Å². The summed E-state index contributed by atoms with van der Waals surface area (Å²) in [6.45, 7) is 1.93. The first-order valence-electron chi connectivity index (χ1n) is 10.1. The summed E-state index contributed by atoms with van der Waals surface area (Å²) in [4.78, 5) is 12.9. The molecule has 0 bridgehead atoms. The van der Waals surface area contributed by atoms with E-state index in [1.54, 1.807) is 6.07 Å². The summed E-state index contributed by atoms with van der Waals surface area (Å²) in [6.07, 6.45) is 4.83. The zero-order chi connectivity index (χ0) is 21.7. The molecule has 0 aliphatic heterocycles. The molecule has 0 saturated carbocycles. The van der Waals surface area contributed by atoms with Crippen LogP contribution in [-0.4, -0.2) is 41.9 Å². The number of aliphatic hydroxyl groups excluding tert-OH is 2. The first-order valence-corrected chi connectivity index (χ1v) is 10.5. The number of halogens is 1. The zero-order valence-electron chi connectivity index (χ0n) is 16.9. The van der Waals surface area contributed by atoms with E-state index in [4.69, 9.17) is 17.3 Å². The minimum atomic E-state index is -0.930. The Morgan fingerprint density at radius 2 is 1.97 bits per heavy atom. The van der Waals surface area contributed by atoms with Crippen molar-refractivity contribution in [2.75, 3.05) is 5.73 Å². The fourth-order valence-corrected chi connectivity index (χ4v) is 4.44. The van der Waals surface area contributed by atoms with E-state index < -0.39 is 12.2 Å². The summed E-state index contributed by atoms with van der Waals surface area (Å²) in [5, 5.41) is 23.7. The maximum atomic E-state index is 10.7. The van der Waals surface area contributed by atoms with Crippen molar-refractivity contribution in [3.05, 3.63) is 70.8 Å². The molecule has 2 unspecified atom stereocenters. The van der Waals surface area contributed by atoms with Crippen LogP contribution in [0.1, 0.15) is 23.7 Å². The molecule has 31 heavy (non-hydrogen) atoms. The largest absolute Gasteiger partial charge is 0.388 e. The van der Waals surface area contributed by atoms with E-state index in [0.717, 1.165) is 38.8 Å². The van der Waals surface area contributed by atoms with Gasteiger partial charge in [0.05, 0.1) is 22.3 Å². The summed E-state index contributed by atoms with van der Waals surface area (Å²) in [5.74, 6) is 0.309. The Hall–Kier alpha value is -3.00. The van der Waals surface area contributed by atoms with Gasteiger partial charge in [0.2, 0.25) is 0 Å². The smallest absolute Gasteiger partial charge is 0.144 e. The van der Waals surface area contributed by atoms with Gasteiger partial charge in [-0.1, -0.05) is 29.8 Å². The molecule has 1 aromatic carbocycles. The van der Waals surface area contributed by atoms with Crippen molar-refractivity contribution in [2.24, 2.45) is 0 Å².